The molecule has 0 saturated carbocycles. The average molecular weight is 489 g/mol. The van der Waals surface area contributed by atoms with Crippen molar-refractivity contribution in [2.24, 2.45) is 0 Å². The van der Waals surface area contributed by atoms with Crippen LogP contribution in [0.3, 0.4) is 0 Å². The van der Waals surface area contributed by atoms with Gasteiger partial charge in [-0.1, -0.05) is 48.5 Å². The van der Waals surface area contributed by atoms with Crippen LogP contribution in [0.15, 0.2) is 108 Å². The first-order valence-corrected chi connectivity index (χ1v) is 11.3. The van der Waals surface area contributed by atoms with E-state index in [0.29, 0.717) is 18.9 Å². The van der Waals surface area contributed by atoms with Crippen molar-refractivity contribution >= 4 is 0 Å². The van der Waals surface area contributed by atoms with Crippen molar-refractivity contribution < 1.29 is 22.3 Å². The molecule has 5 rings (SSSR count). The monoisotopic (exact) mass is 489 g/mol. The van der Waals surface area contributed by atoms with Crippen LogP contribution in [-0.4, -0.2) is 14.8 Å². The fourth-order valence-electron chi connectivity index (χ4n) is 3.96. The number of benzene rings is 3. The molecule has 0 N–H and O–H groups in total. The van der Waals surface area contributed by atoms with E-state index >= 15 is 0 Å². The van der Waals surface area contributed by atoms with Crippen LogP contribution in [-0.2, 0) is 19.2 Å². The SMILES string of the molecule is FC(F)(F)c1ccc(-c2ccc(COc3ccc(C[C@H](c4nnco4)n4cccc4)cc3)cc2)cc1. The van der Waals surface area contributed by atoms with Gasteiger partial charge in [0.05, 0.1) is 5.56 Å². The molecule has 0 aliphatic rings. The molecule has 0 aliphatic heterocycles. The van der Waals surface area contributed by atoms with Crippen molar-refractivity contribution in [1.29, 1.82) is 0 Å². The van der Waals surface area contributed by atoms with Gasteiger partial charge < -0.3 is 13.7 Å². The number of hydrogen-bond acceptors (Lipinski definition) is 4. The lowest BCUT2D eigenvalue weighted by atomic mass is 10.0. The van der Waals surface area contributed by atoms with Gasteiger partial charge in [-0.15, -0.1) is 10.2 Å². The fraction of sp³-hybridized carbons (Fsp3) is 0.143. The molecule has 182 valence electrons. The molecule has 1 atom stereocenters. The third kappa shape index (κ3) is 5.49. The van der Waals surface area contributed by atoms with Crippen LogP contribution in [0.4, 0.5) is 13.2 Å². The van der Waals surface area contributed by atoms with Crippen LogP contribution in [0.2, 0.25) is 0 Å². The molecule has 0 spiro atoms. The molecule has 5 nitrogen and oxygen atoms in total. The number of alkyl halides is 3. The Kier molecular flexibility index (Phi) is 6.58. The molecule has 2 aromatic heterocycles. The summed E-state index contributed by atoms with van der Waals surface area (Å²) in [5, 5.41) is 7.89. The second kappa shape index (κ2) is 10.1. The Morgan fingerprint density at radius 2 is 1.42 bits per heavy atom. The first-order valence-electron chi connectivity index (χ1n) is 11.3. The zero-order valence-corrected chi connectivity index (χ0v) is 19.1. The smallest absolute Gasteiger partial charge is 0.416 e. The molecule has 0 unspecified atom stereocenters. The highest BCUT2D eigenvalue weighted by atomic mass is 19.4. The highest BCUT2D eigenvalue weighted by Gasteiger charge is 2.30. The van der Waals surface area contributed by atoms with Gasteiger partial charge in [-0.3, -0.25) is 0 Å². The topological polar surface area (TPSA) is 53.1 Å². The third-order valence-corrected chi connectivity index (χ3v) is 5.91. The summed E-state index contributed by atoms with van der Waals surface area (Å²) in [5.41, 5.74) is 2.97. The highest BCUT2D eigenvalue weighted by Crippen LogP contribution is 2.31. The number of rotatable bonds is 8. The maximum absolute atomic E-state index is 12.8. The first kappa shape index (κ1) is 23.4. The van der Waals surface area contributed by atoms with Gasteiger partial charge in [-0.05, 0) is 58.7 Å². The largest absolute Gasteiger partial charge is 0.489 e. The maximum atomic E-state index is 12.8. The van der Waals surface area contributed by atoms with E-state index in [-0.39, 0.29) is 6.04 Å². The van der Waals surface area contributed by atoms with E-state index in [1.54, 1.807) is 0 Å². The van der Waals surface area contributed by atoms with Gasteiger partial charge >= 0.3 is 6.18 Å². The molecular weight excluding hydrogens is 467 g/mol. The van der Waals surface area contributed by atoms with Gasteiger partial charge in [-0.25, -0.2) is 0 Å². The summed E-state index contributed by atoms with van der Waals surface area (Å²) in [7, 11) is 0. The van der Waals surface area contributed by atoms with Crippen LogP contribution in [0.25, 0.3) is 11.1 Å². The standard InChI is InChI=1S/C28H22F3N3O2/c29-28(30,31)24-11-9-23(10-12-24)22-7-3-21(4-8-22)18-35-25-13-5-20(6-14-25)17-26(27-33-32-19-36-27)34-15-1-2-16-34/h1-16,19,26H,17-18H2/t26-/m1/s1. The lowest BCUT2D eigenvalue weighted by Gasteiger charge is -2.15. The molecule has 0 saturated heterocycles. The van der Waals surface area contributed by atoms with Gasteiger partial charge in [-0.2, -0.15) is 13.2 Å². The van der Waals surface area contributed by atoms with Gasteiger partial charge in [0, 0.05) is 18.8 Å². The van der Waals surface area contributed by atoms with E-state index in [1.807, 2.05) is 77.6 Å². The summed E-state index contributed by atoms with van der Waals surface area (Å²) in [4.78, 5) is 0. The zero-order chi connectivity index (χ0) is 25.0. The van der Waals surface area contributed by atoms with E-state index in [9.17, 15) is 13.2 Å². The van der Waals surface area contributed by atoms with Crippen LogP contribution in [0.5, 0.6) is 5.75 Å². The van der Waals surface area contributed by atoms with Crippen LogP contribution >= 0.6 is 0 Å². The number of ether oxygens (including phenoxy) is 1. The Bertz CT molecular complexity index is 1330. The number of nitrogens with zero attached hydrogens (tertiary/aromatic N) is 3. The second-order valence-corrected chi connectivity index (χ2v) is 8.33. The van der Waals surface area contributed by atoms with Gasteiger partial charge in [0.25, 0.3) is 0 Å². The lowest BCUT2D eigenvalue weighted by molar-refractivity contribution is -0.137. The van der Waals surface area contributed by atoms with E-state index in [0.717, 1.165) is 40.1 Å². The lowest BCUT2D eigenvalue weighted by Crippen LogP contribution is -2.12. The average Bonchev–Trinajstić information content (AvgIpc) is 3.62. The molecule has 0 aliphatic carbocycles. The number of aromatic nitrogens is 3. The van der Waals surface area contributed by atoms with Gasteiger partial charge in [0.2, 0.25) is 12.3 Å². The Morgan fingerprint density at radius 1 is 0.806 bits per heavy atom. The van der Waals surface area contributed by atoms with Crippen molar-refractivity contribution in [2.75, 3.05) is 0 Å². The Morgan fingerprint density at radius 3 is 2.00 bits per heavy atom. The minimum atomic E-state index is -4.34. The van der Waals surface area contributed by atoms with Crippen molar-refractivity contribution in [1.82, 2.24) is 14.8 Å². The summed E-state index contributed by atoms with van der Waals surface area (Å²) in [5.74, 6) is 1.28. The van der Waals surface area contributed by atoms with Gasteiger partial charge in [0.15, 0.2) is 0 Å². The predicted molar refractivity (Wildman–Crippen MR) is 128 cm³/mol. The minimum Gasteiger partial charge on any atom is -0.489 e. The maximum Gasteiger partial charge on any atom is 0.416 e. The molecule has 2 heterocycles. The predicted octanol–water partition coefficient (Wildman–Crippen LogP) is 6.97. The molecule has 0 bridgehead atoms. The van der Waals surface area contributed by atoms with Crippen LogP contribution in [0.1, 0.15) is 28.6 Å². The van der Waals surface area contributed by atoms with Crippen molar-refractivity contribution in [2.45, 2.75) is 25.2 Å². The van der Waals surface area contributed by atoms with E-state index in [1.165, 1.54) is 18.5 Å². The number of hydrogen-bond donors (Lipinski definition) is 0. The van der Waals surface area contributed by atoms with E-state index in [4.69, 9.17) is 9.15 Å². The minimum absolute atomic E-state index is 0.0996. The Labute approximate surface area is 205 Å². The zero-order valence-electron chi connectivity index (χ0n) is 19.1. The van der Waals surface area contributed by atoms with Gasteiger partial charge in [0.1, 0.15) is 18.4 Å². The molecule has 8 heteroatoms. The quantitative estimate of drug-likeness (QED) is 0.236. The van der Waals surface area contributed by atoms with Crippen molar-refractivity contribution in [3.8, 4) is 16.9 Å². The normalized spacial score (nSPS) is 12.4. The molecule has 0 radical (unpaired) electrons. The summed E-state index contributed by atoms with van der Waals surface area (Å²) in [6.07, 6.45) is 1.61. The van der Waals surface area contributed by atoms with Crippen molar-refractivity contribution in [3.63, 3.8) is 0 Å². The van der Waals surface area contributed by atoms with E-state index < -0.39 is 11.7 Å². The number of halogens is 3. The molecule has 3 aromatic carbocycles. The molecule has 36 heavy (non-hydrogen) atoms. The fourth-order valence-corrected chi connectivity index (χ4v) is 3.96. The summed E-state index contributed by atoms with van der Waals surface area (Å²) >= 11 is 0. The molecule has 0 fully saturated rings. The summed E-state index contributed by atoms with van der Waals surface area (Å²) < 4.78 is 51.7. The van der Waals surface area contributed by atoms with E-state index in [2.05, 4.69) is 10.2 Å². The third-order valence-electron chi connectivity index (χ3n) is 5.91. The second-order valence-electron chi connectivity index (χ2n) is 8.33. The Hall–Kier alpha value is -4.33. The van der Waals surface area contributed by atoms with Crippen molar-refractivity contribution in [3.05, 3.63) is 126 Å². The van der Waals surface area contributed by atoms with Crippen LogP contribution < -0.4 is 4.74 Å². The Balaban J connectivity index is 1.19. The molecule has 0 amide bonds. The summed E-state index contributed by atoms with van der Waals surface area (Å²) in [6.45, 7) is 0.376. The van der Waals surface area contributed by atoms with Crippen LogP contribution in [0, 0.1) is 0 Å². The molecular formula is C28H22F3N3O2. The molecule has 5 aromatic rings. The first-order chi connectivity index (χ1) is 17.5. The highest BCUT2D eigenvalue weighted by molar-refractivity contribution is 5.64. The summed E-state index contributed by atoms with van der Waals surface area (Å²) in [6, 6.07) is 24.4.